The molecule has 3 nitrogen and oxygen atoms in total. The number of esters is 1. The van der Waals surface area contributed by atoms with Crippen LogP contribution in [0, 0.1) is 12.8 Å². The lowest BCUT2D eigenvalue weighted by Crippen LogP contribution is -2.26. The lowest BCUT2D eigenvalue weighted by molar-refractivity contribution is -0.146. The smallest absolute Gasteiger partial charge is 0.316 e. The summed E-state index contributed by atoms with van der Waals surface area (Å²) in [7, 11) is 0. The molecule has 0 aliphatic heterocycles. The number of halogens is 3. The Morgan fingerprint density at radius 1 is 1.33 bits per heavy atom. The summed E-state index contributed by atoms with van der Waals surface area (Å²) in [4.78, 5) is 24.2. The number of Topliss-reactive ketones (excluding diaryl/α,β-unsaturated/α-hetero) is 1. The fourth-order valence-electron chi connectivity index (χ4n) is 2.04. The Morgan fingerprint density at radius 2 is 1.95 bits per heavy atom. The molecular formula is C15H17Br2FO3. The van der Waals surface area contributed by atoms with Crippen molar-refractivity contribution in [3.63, 3.8) is 0 Å². The zero-order chi connectivity index (χ0) is 16.2. The molecule has 21 heavy (non-hydrogen) atoms. The Labute approximate surface area is 140 Å². The number of alkyl halides is 3. The fourth-order valence-corrected chi connectivity index (χ4v) is 2.93. The van der Waals surface area contributed by atoms with Gasteiger partial charge in [-0.2, -0.15) is 0 Å². The lowest BCUT2D eigenvalue weighted by Gasteiger charge is -2.16. The van der Waals surface area contributed by atoms with E-state index in [1.165, 1.54) is 12.1 Å². The van der Waals surface area contributed by atoms with Crippen LogP contribution in [-0.2, 0) is 13.0 Å². The van der Waals surface area contributed by atoms with Gasteiger partial charge in [-0.3, -0.25) is 9.59 Å². The molecule has 0 aliphatic carbocycles. The van der Waals surface area contributed by atoms with Gasteiger partial charge in [0.25, 0.3) is 0 Å². The molecule has 1 atom stereocenters. The second-order valence-electron chi connectivity index (χ2n) is 4.60. The van der Waals surface area contributed by atoms with E-state index >= 15 is 0 Å². The molecule has 1 rings (SSSR count). The molecule has 0 aliphatic rings. The molecule has 0 aromatic heterocycles. The predicted molar refractivity (Wildman–Crippen MR) is 86.6 cm³/mol. The van der Waals surface area contributed by atoms with Crippen molar-refractivity contribution in [3.8, 4) is 0 Å². The molecule has 0 fully saturated rings. The Hall–Kier alpha value is -0.750. The summed E-state index contributed by atoms with van der Waals surface area (Å²) in [6.07, 6.45) is 0.363. The monoisotopic (exact) mass is 422 g/mol. The summed E-state index contributed by atoms with van der Waals surface area (Å²) < 4.78 is 16.9. The topological polar surface area (TPSA) is 43.4 Å². The zero-order valence-corrected chi connectivity index (χ0v) is 15.3. The second-order valence-corrected chi connectivity index (χ2v) is 7.85. The van der Waals surface area contributed by atoms with Crippen LogP contribution in [0.5, 0.6) is 0 Å². The van der Waals surface area contributed by atoms with Gasteiger partial charge in [-0.05, 0) is 63.8 Å². The van der Waals surface area contributed by atoms with Gasteiger partial charge >= 0.3 is 5.97 Å². The zero-order valence-electron chi connectivity index (χ0n) is 12.1. The van der Waals surface area contributed by atoms with Crippen molar-refractivity contribution in [2.75, 3.05) is 6.61 Å². The third-order valence-corrected chi connectivity index (χ3v) is 3.97. The van der Waals surface area contributed by atoms with Crippen LogP contribution in [0.1, 0.15) is 41.8 Å². The number of aryl methyl sites for hydroxylation is 1. The van der Waals surface area contributed by atoms with E-state index < -0.39 is 15.4 Å². The minimum Gasteiger partial charge on any atom is -0.465 e. The average molecular weight is 424 g/mol. The molecule has 0 spiro atoms. The van der Waals surface area contributed by atoms with E-state index in [0.29, 0.717) is 23.1 Å². The highest BCUT2D eigenvalue weighted by Gasteiger charge is 2.29. The average Bonchev–Trinajstić information content (AvgIpc) is 2.38. The third-order valence-electron chi connectivity index (χ3n) is 3.11. The number of rotatable bonds is 6. The summed E-state index contributed by atoms with van der Waals surface area (Å²) in [5, 5.41) is 0. The molecule has 0 amide bonds. The number of ether oxygens (including phenoxy) is 1. The first kappa shape index (κ1) is 18.3. The first-order valence-corrected chi connectivity index (χ1v) is 8.19. The molecule has 1 unspecified atom stereocenters. The Kier molecular flexibility index (Phi) is 6.53. The molecule has 0 saturated carbocycles. The normalized spacial score (nSPS) is 12.9. The van der Waals surface area contributed by atoms with E-state index in [1.54, 1.807) is 26.8 Å². The van der Waals surface area contributed by atoms with Crippen molar-refractivity contribution < 1.29 is 18.7 Å². The summed E-state index contributed by atoms with van der Waals surface area (Å²) in [6.45, 7) is 5.39. The van der Waals surface area contributed by atoms with Gasteiger partial charge in [0.05, 0.1) is 6.61 Å². The van der Waals surface area contributed by atoms with E-state index in [0.717, 1.165) is 0 Å². The molecule has 0 radical (unpaired) electrons. The number of hydrogen-bond donors (Lipinski definition) is 0. The molecule has 0 heterocycles. The van der Waals surface area contributed by atoms with E-state index in [4.69, 9.17) is 4.74 Å². The van der Waals surface area contributed by atoms with Crippen molar-refractivity contribution in [2.24, 2.45) is 5.92 Å². The molecular weight excluding hydrogens is 407 g/mol. The van der Waals surface area contributed by atoms with Crippen LogP contribution in [0.15, 0.2) is 18.2 Å². The molecule has 1 aromatic rings. The van der Waals surface area contributed by atoms with E-state index in [1.807, 2.05) is 0 Å². The van der Waals surface area contributed by atoms with Gasteiger partial charge in [0, 0.05) is 11.1 Å². The third kappa shape index (κ3) is 4.61. The fraction of sp³-hybridized carbons (Fsp3) is 0.467. The van der Waals surface area contributed by atoms with Crippen molar-refractivity contribution in [2.45, 2.75) is 30.7 Å². The Bertz CT molecular complexity index is 538. The highest BCUT2D eigenvalue weighted by molar-refractivity contribution is 9.24. The first-order chi connectivity index (χ1) is 9.72. The quantitative estimate of drug-likeness (QED) is 0.290. The maximum absolute atomic E-state index is 13.8. The highest BCUT2D eigenvalue weighted by atomic mass is 79.9. The van der Waals surface area contributed by atoms with Crippen LogP contribution in [0.2, 0.25) is 0 Å². The summed E-state index contributed by atoms with van der Waals surface area (Å²) >= 11 is 5.75. The van der Waals surface area contributed by atoms with Gasteiger partial charge in [0.2, 0.25) is 3.49 Å². The number of hydrogen-bond acceptors (Lipinski definition) is 3. The van der Waals surface area contributed by atoms with Gasteiger partial charge in [-0.1, -0.05) is 19.1 Å². The Balaban J connectivity index is 3.08. The van der Waals surface area contributed by atoms with Crippen LogP contribution in [0.4, 0.5) is 4.39 Å². The predicted octanol–water partition coefficient (Wildman–Crippen LogP) is 4.64. The second kappa shape index (κ2) is 7.49. The maximum atomic E-state index is 13.8. The molecule has 0 bridgehead atoms. The highest BCUT2D eigenvalue weighted by Crippen LogP contribution is 2.41. The first-order valence-electron chi connectivity index (χ1n) is 6.61. The van der Waals surface area contributed by atoms with Crippen molar-refractivity contribution in [1.82, 2.24) is 0 Å². The molecule has 0 N–H and O–H groups in total. The van der Waals surface area contributed by atoms with Crippen LogP contribution < -0.4 is 0 Å². The van der Waals surface area contributed by atoms with Crippen LogP contribution >= 0.6 is 31.9 Å². The lowest BCUT2D eigenvalue weighted by atomic mass is 9.93. The van der Waals surface area contributed by atoms with Gasteiger partial charge < -0.3 is 4.74 Å². The van der Waals surface area contributed by atoms with E-state index in [9.17, 15) is 14.0 Å². The van der Waals surface area contributed by atoms with Gasteiger partial charge in [0.15, 0.2) is 5.78 Å². The summed E-state index contributed by atoms with van der Waals surface area (Å²) in [6, 6.07) is 4.61. The van der Waals surface area contributed by atoms with Crippen LogP contribution in [0.3, 0.4) is 0 Å². The maximum Gasteiger partial charge on any atom is 0.316 e. The van der Waals surface area contributed by atoms with Gasteiger partial charge in [-0.15, -0.1) is 0 Å². The number of carbonyl (C=O) groups is 2. The van der Waals surface area contributed by atoms with E-state index in [2.05, 4.69) is 31.9 Å². The minimum absolute atomic E-state index is 0.234. The van der Waals surface area contributed by atoms with Crippen molar-refractivity contribution in [3.05, 3.63) is 34.9 Å². The molecule has 0 saturated heterocycles. The van der Waals surface area contributed by atoms with Crippen LogP contribution in [-0.4, -0.2) is 18.4 Å². The summed E-state index contributed by atoms with van der Waals surface area (Å²) in [5.41, 5.74) is 1.36. The van der Waals surface area contributed by atoms with Gasteiger partial charge in [0.1, 0.15) is 5.92 Å². The minimum atomic E-state index is -1.84. The van der Waals surface area contributed by atoms with E-state index in [-0.39, 0.29) is 12.4 Å². The van der Waals surface area contributed by atoms with Crippen LogP contribution in [0.25, 0.3) is 0 Å². The SMILES string of the molecule is CCOC(=O)C(CC)C(=O)c1ccc(C(F)(Br)Br)c(C)c1. The Morgan fingerprint density at radius 3 is 2.38 bits per heavy atom. The number of ketones is 1. The summed E-state index contributed by atoms with van der Waals surface area (Å²) in [5.74, 6) is -1.65. The molecule has 6 heteroatoms. The number of carbonyl (C=O) groups excluding carboxylic acids is 2. The number of benzene rings is 1. The van der Waals surface area contributed by atoms with Gasteiger partial charge in [-0.25, -0.2) is 4.39 Å². The largest absolute Gasteiger partial charge is 0.465 e. The van der Waals surface area contributed by atoms with Crippen molar-refractivity contribution >= 4 is 43.6 Å². The molecule has 1 aromatic carbocycles. The molecule has 116 valence electrons. The standard InChI is InChI=1S/C15H17Br2FO3/c1-4-11(14(20)21-5-2)13(19)10-6-7-12(9(3)8-10)15(16,17)18/h6-8,11H,4-5H2,1-3H3. The van der Waals surface area contributed by atoms with Crippen molar-refractivity contribution in [1.29, 1.82) is 0 Å².